The Kier molecular flexibility index (Phi) is 6.34. The van der Waals surface area contributed by atoms with Crippen LogP contribution in [0.3, 0.4) is 0 Å². The highest BCUT2D eigenvalue weighted by Crippen LogP contribution is 2.30. The number of carbonyl (C=O) groups is 1. The quantitative estimate of drug-likeness (QED) is 0.311. The van der Waals surface area contributed by atoms with Crippen LogP contribution in [0.15, 0.2) is 47.5 Å². The maximum Gasteiger partial charge on any atom is 0.343 e. The van der Waals surface area contributed by atoms with Gasteiger partial charge in [0.2, 0.25) is 0 Å². The second-order valence-electron chi connectivity index (χ2n) is 7.46. The summed E-state index contributed by atoms with van der Waals surface area (Å²) in [7, 11) is 1.75. The molecule has 4 aromatic rings. The standard InChI is InChI=1S/C23H18ClF3N4O3/c1-3-34-23(33)14-11-31(10-12-4-17(26)18(27)7-16(12)25)22(8-21(14)32)28-20-5-13-9-30(2)29-19(13)6-15(20)24/h4-9,11,28H,3,10H2,1-2H3. The second kappa shape index (κ2) is 9.22. The minimum Gasteiger partial charge on any atom is -0.462 e. The fraction of sp³-hybridized carbons (Fsp3) is 0.174. The van der Waals surface area contributed by atoms with Crippen LogP contribution in [0.2, 0.25) is 5.02 Å². The molecule has 0 fully saturated rings. The van der Waals surface area contributed by atoms with Crippen molar-refractivity contribution in [1.29, 1.82) is 0 Å². The van der Waals surface area contributed by atoms with Crippen LogP contribution in [0.4, 0.5) is 24.7 Å². The Morgan fingerprint density at radius 3 is 2.56 bits per heavy atom. The third-order valence-corrected chi connectivity index (χ3v) is 5.34. The lowest BCUT2D eigenvalue weighted by Gasteiger charge is -2.18. The summed E-state index contributed by atoms with van der Waals surface area (Å²) in [4.78, 5) is 24.9. The summed E-state index contributed by atoms with van der Waals surface area (Å²) in [6.45, 7) is 1.29. The minimum atomic E-state index is -1.33. The van der Waals surface area contributed by atoms with Crippen molar-refractivity contribution in [3.8, 4) is 0 Å². The molecule has 0 atom stereocenters. The molecule has 176 valence electrons. The second-order valence-corrected chi connectivity index (χ2v) is 7.87. The molecule has 0 saturated heterocycles. The van der Waals surface area contributed by atoms with E-state index in [0.717, 1.165) is 11.5 Å². The first-order valence-electron chi connectivity index (χ1n) is 10.1. The number of carbonyl (C=O) groups excluding carboxylic acids is 1. The highest BCUT2D eigenvalue weighted by Gasteiger charge is 2.18. The minimum absolute atomic E-state index is 0.0385. The van der Waals surface area contributed by atoms with Crippen LogP contribution in [-0.2, 0) is 18.3 Å². The average molecular weight is 491 g/mol. The van der Waals surface area contributed by atoms with E-state index in [4.69, 9.17) is 16.3 Å². The van der Waals surface area contributed by atoms with E-state index in [1.807, 2.05) is 0 Å². The number of halogens is 4. The molecular weight excluding hydrogens is 473 g/mol. The monoisotopic (exact) mass is 490 g/mol. The van der Waals surface area contributed by atoms with E-state index in [-0.39, 0.29) is 30.1 Å². The lowest BCUT2D eigenvalue weighted by Crippen LogP contribution is -2.22. The lowest BCUT2D eigenvalue weighted by molar-refractivity contribution is 0.0524. The van der Waals surface area contributed by atoms with E-state index in [1.165, 1.54) is 10.8 Å². The number of aryl methyl sites for hydroxylation is 1. The van der Waals surface area contributed by atoms with Crippen LogP contribution in [0, 0.1) is 17.5 Å². The van der Waals surface area contributed by atoms with Gasteiger partial charge in [-0.2, -0.15) is 5.10 Å². The Morgan fingerprint density at radius 1 is 1.09 bits per heavy atom. The van der Waals surface area contributed by atoms with E-state index < -0.39 is 28.8 Å². The van der Waals surface area contributed by atoms with Gasteiger partial charge in [0.05, 0.1) is 29.4 Å². The van der Waals surface area contributed by atoms with Gasteiger partial charge in [-0.25, -0.2) is 18.0 Å². The van der Waals surface area contributed by atoms with Crippen LogP contribution < -0.4 is 10.7 Å². The number of fused-ring (bicyclic) bond motifs is 1. The molecule has 2 aromatic heterocycles. The topological polar surface area (TPSA) is 78.2 Å². The first kappa shape index (κ1) is 23.4. The molecule has 0 aliphatic rings. The molecule has 1 N–H and O–H groups in total. The number of pyridine rings is 1. The number of anilines is 2. The Bertz CT molecular complexity index is 1480. The first-order chi connectivity index (χ1) is 16.2. The van der Waals surface area contributed by atoms with Crippen LogP contribution in [-0.4, -0.2) is 26.9 Å². The molecule has 0 unspecified atom stereocenters. The molecule has 2 heterocycles. The number of benzene rings is 2. The predicted octanol–water partition coefficient (Wildman–Crippen LogP) is 4.77. The van der Waals surface area contributed by atoms with Crippen molar-refractivity contribution in [2.75, 3.05) is 11.9 Å². The molecule has 7 nitrogen and oxygen atoms in total. The third-order valence-electron chi connectivity index (χ3n) is 5.02. The fourth-order valence-electron chi connectivity index (χ4n) is 3.45. The molecule has 11 heteroatoms. The molecule has 0 bridgehead atoms. The Hall–Kier alpha value is -3.79. The number of rotatable bonds is 6. The molecule has 0 radical (unpaired) electrons. The van der Waals surface area contributed by atoms with Gasteiger partial charge < -0.3 is 14.6 Å². The number of hydrogen-bond acceptors (Lipinski definition) is 5. The Morgan fingerprint density at radius 2 is 1.82 bits per heavy atom. The van der Waals surface area contributed by atoms with Crippen molar-refractivity contribution in [2.24, 2.45) is 7.05 Å². The molecule has 34 heavy (non-hydrogen) atoms. The van der Waals surface area contributed by atoms with Gasteiger partial charge >= 0.3 is 5.97 Å². The third kappa shape index (κ3) is 4.62. The van der Waals surface area contributed by atoms with Crippen molar-refractivity contribution < 1.29 is 22.7 Å². The summed E-state index contributed by atoms with van der Waals surface area (Å²) in [5, 5.41) is 8.32. The summed E-state index contributed by atoms with van der Waals surface area (Å²) in [5.74, 6) is -4.29. The molecule has 0 saturated carbocycles. The molecular formula is C23H18ClF3N4O3. The van der Waals surface area contributed by atoms with Crippen LogP contribution in [0.25, 0.3) is 10.9 Å². The van der Waals surface area contributed by atoms with Gasteiger partial charge in [0.25, 0.3) is 0 Å². The van der Waals surface area contributed by atoms with Crippen LogP contribution >= 0.6 is 11.6 Å². The maximum atomic E-state index is 14.4. The molecule has 2 aromatic carbocycles. The van der Waals surface area contributed by atoms with E-state index in [0.29, 0.717) is 28.4 Å². The summed E-state index contributed by atoms with van der Waals surface area (Å²) >= 11 is 6.38. The van der Waals surface area contributed by atoms with Crippen LogP contribution in [0.1, 0.15) is 22.8 Å². The zero-order chi connectivity index (χ0) is 24.6. The normalized spacial score (nSPS) is 11.1. The molecule has 0 amide bonds. The first-order valence-corrected chi connectivity index (χ1v) is 10.5. The molecule has 0 aliphatic heterocycles. The smallest absolute Gasteiger partial charge is 0.343 e. The highest BCUT2D eigenvalue weighted by molar-refractivity contribution is 6.34. The zero-order valence-corrected chi connectivity index (χ0v) is 18.8. The van der Waals surface area contributed by atoms with Crippen molar-refractivity contribution in [1.82, 2.24) is 14.3 Å². The largest absolute Gasteiger partial charge is 0.462 e. The summed E-state index contributed by atoms with van der Waals surface area (Å²) in [5.41, 5.74) is -0.0955. The van der Waals surface area contributed by atoms with Gasteiger partial charge in [-0.15, -0.1) is 0 Å². The number of hydrogen-bond donors (Lipinski definition) is 1. The lowest BCUT2D eigenvalue weighted by atomic mass is 10.1. The van der Waals surface area contributed by atoms with Gasteiger partial charge in [0.1, 0.15) is 17.2 Å². The Balaban J connectivity index is 1.82. The van der Waals surface area contributed by atoms with Gasteiger partial charge in [0.15, 0.2) is 17.1 Å². The van der Waals surface area contributed by atoms with Gasteiger partial charge in [-0.1, -0.05) is 11.6 Å². The summed E-state index contributed by atoms with van der Waals surface area (Å²) < 4.78 is 49.3. The Labute approximate surface area is 196 Å². The van der Waals surface area contributed by atoms with E-state index in [2.05, 4.69) is 10.4 Å². The maximum absolute atomic E-state index is 14.4. The predicted molar refractivity (Wildman–Crippen MR) is 121 cm³/mol. The van der Waals surface area contributed by atoms with Crippen molar-refractivity contribution in [3.63, 3.8) is 0 Å². The van der Waals surface area contributed by atoms with Gasteiger partial charge in [0, 0.05) is 42.5 Å². The van der Waals surface area contributed by atoms with Crippen LogP contribution in [0.5, 0.6) is 0 Å². The number of aromatic nitrogens is 3. The highest BCUT2D eigenvalue weighted by atomic mass is 35.5. The fourth-order valence-corrected chi connectivity index (χ4v) is 3.65. The molecule has 0 aliphatic carbocycles. The van der Waals surface area contributed by atoms with E-state index >= 15 is 0 Å². The molecule has 0 spiro atoms. The summed E-state index contributed by atoms with van der Waals surface area (Å²) in [6.07, 6.45) is 2.93. The van der Waals surface area contributed by atoms with Gasteiger partial charge in [-0.05, 0) is 25.1 Å². The average Bonchev–Trinajstić information content (AvgIpc) is 3.12. The van der Waals surface area contributed by atoms with Crippen molar-refractivity contribution in [2.45, 2.75) is 13.5 Å². The molecule has 4 rings (SSSR count). The zero-order valence-electron chi connectivity index (χ0n) is 18.0. The van der Waals surface area contributed by atoms with Crippen molar-refractivity contribution in [3.05, 3.63) is 86.6 Å². The summed E-state index contributed by atoms with van der Waals surface area (Å²) in [6, 6.07) is 5.60. The van der Waals surface area contributed by atoms with Crippen molar-refractivity contribution >= 4 is 40.0 Å². The van der Waals surface area contributed by atoms with E-state index in [1.54, 1.807) is 37.0 Å². The number of nitrogens with one attached hydrogen (secondary N) is 1. The number of ether oxygens (including phenoxy) is 1. The number of nitrogens with zero attached hydrogens (tertiary/aromatic N) is 3. The van der Waals surface area contributed by atoms with E-state index in [9.17, 15) is 22.8 Å². The number of esters is 1. The van der Waals surface area contributed by atoms with Gasteiger partial charge in [-0.3, -0.25) is 9.48 Å². The SMILES string of the molecule is CCOC(=O)c1cn(Cc2cc(F)c(F)cc2F)c(Nc2cc3cn(C)nc3cc2Cl)cc1=O.